The van der Waals surface area contributed by atoms with Crippen molar-refractivity contribution in [2.75, 3.05) is 20.1 Å². The molecule has 3 unspecified atom stereocenters. The first kappa shape index (κ1) is 36.0. The number of rotatable bonds is 13. The number of nitrogens with one attached hydrogen (secondary N) is 2. The summed E-state index contributed by atoms with van der Waals surface area (Å²) in [6.07, 6.45) is 8.11. The van der Waals surface area contributed by atoms with Crippen LogP contribution in [0.5, 0.6) is 5.75 Å². The number of fused-ring (bicyclic) bond motifs is 1. The van der Waals surface area contributed by atoms with Crippen molar-refractivity contribution in [3.63, 3.8) is 0 Å². The summed E-state index contributed by atoms with van der Waals surface area (Å²) in [5.74, 6) is -0.0224. The molecule has 3 atom stereocenters. The Kier molecular flexibility index (Phi) is 13.4. The molecular weight excluding hydrogens is 573 g/mol. The summed E-state index contributed by atoms with van der Waals surface area (Å²) in [5, 5.41) is 16.1. The average Bonchev–Trinajstić information content (AvgIpc) is 3.85. The van der Waals surface area contributed by atoms with Gasteiger partial charge in [0.1, 0.15) is 17.6 Å². The second-order valence-corrected chi connectivity index (χ2v) is 13.1. The highest BCUT2D eigenvalue weighted by Gasteiger charge is 2.42. The van der Waals surface area contributed by atoms with E-state index in [1.807, 2.05) is 13.8 Å². The predicted molar refractivity (Wildman–Crippen MR) is 174 cm³/mol. The van der Waals surface area contributed by atoms with Gasteiger partial charge in [0.25, 0.3) is 0 Å². The quantitative estimate of drug-likeness (QED) is 0.268. The van der Waals surface area contributed by atoms with Crippen LogP contribution in [0.3, 0.4) is 0 Å². The number of halogens is 1. The molecule has 0 saturated heterocycles. The SMILES string of the molecule is CCCC1CCc2cccc(CCCNC(=O)CNC(=O)C(N(C)C(=O)C(C)C3CC3)C(C)(C)O)c2O1.Cc1ccc(F)cc1. The van der Waals surface area contributed by atoms with Crippen molar-refractivity contribution < 1.29 is 28.6 Å². The molecule has 45 heavy (non-hydrogen) atoms. The summed E-state index contributed by atoms with van der Waals surface area (Å²) in [7, 11) is 1.54. The Labute approximate surface area is 268 Å². The molecule has 2 aromatic carbocycles. The van der Waals surface area contributed by atoms with E-state index in [1.165, 1.54) is 42.0 Å². The number of para-hydroxylation sites is 1. The van der Waals surface area contributed by atoms with E-state index >= 15 is 0 Å². The van der Waals surface area contributed by atoms with E-state index in [0.717, 1.165) is 62.7 Å². The van der Waals surface area contributed by atoms with E-state index in [2.05, 4.69) is 35.8 Å². The fourth-order valence-corrected chi connectivity index (χ4v) is 5.83. The number of carbonyl (C=O) groups is 3. The van der Waals surface area contributed by atoms with E-state index in [4.69, 9.17) is 4.74 Å². The fraction of sp³-hybridized carbons (Fsp3) is 0.583. The van der Waals surface area contributed by atoms with E-state index in [9.17, 15) is 23.9 Å². The first-order valence-electron chi connectivity index (χ1n) is 16.3. The molecule has 3 N–H and O–H groups in total. The molecule has 2 aliphatic rings. The number of aryl methyl sites for hydroxylation is 3. The molecule has 1 fully saturated rings. The lowest BCUT2D eigenvalue weighted by molar-refractivity contribution is -0.150. The Morgan fingerprint density at radius 3 is 2.38 bits per heavy atom. The number of ether oxygens (including phenoxy) is 1. The summed E-state index contributed by atoms with van der Waals surface area (Å²) in [6, 6.07) is 11.6. The van der Waals surface area contributed by atoms with Gasteiger partial charge >= 0.3 is 0 Å². The molecule has 1 aliphatic carbocycles. The topological polar surface area (TPSA) is 108 Å². The van der Waals surface area contributed by atoms with Crippen molar-refractivity contribution in [2.45, 2.75) is 104 Å². The highest BCUT2D eigenvalue weighted by Crippen LogP contribution is 2.38. The smallest absolute Gasteiger partial charge is 0.246 e. The second-order valence-electron chi connectivity index (χ2n) is 13.1. The zero-order valence-corrected chi connectivity index (χ0v) is 27.8. The van der Waals surface area contributed by atoms with Gasteiger partial charge in [-0.15, -0.1) is 0 Å². The zero-order valence-electron chi connectivity index (χ0n) is 27.8. The predicted octanol–water partition coefficient (Wildman–Crippen LogP) is 5.12. The minimum Gasteiger partial charge on any atom is -0.490 e. The van der Waals surface area contributed by atoms with Crippen molar-refractivity contribution in [3.8, 4) is 5.75 Å². The Morgan fingerprint density at radius 1 is 1.09 bits per heavy atom. The van der Waals surface area contributed by atoms with Crippen LogP contribution in [0.25, 0.3) is 0 Å². The van der Waals surface area contributed by atoms with Crippen LogP contribution in [0, 0.1) is 24.6 Å². The third-order valence-electron chi connectivity index (χ3n) is 8.56. The average molecular weight is 626 g/mol. The van der Waals surface area contributed by atoms with Crippen LogP contribution in [0.1, 0.15) is 82.9 Å². The van der Waals surface area contributed by atoms with E-state index in [0.29, 0.717) is 12.5 Å². The molecule has 2 aromatic rings. The second kappa shape index (κ2) is 16.7. The summed E-state index contributed by atoms with van der Waals surface area (Å²) in [4.78, 5) is 39.5. The first-order valence-corrected chi connectivity index (χ1v) is 16.3. The highest BCUT2D eigenvalue weighted by atomic mass is 19.1. The first-order chi connectivity index (χ1) is 21.3. The normalized spacial score (nSPS) is 17.0. The summed E-state index contributed by atoms with van der Waals surface area (Å²) in [5.41, 5.74) is 2.06. The molecule has 1 heterocycles. The maximum Gasteiger partial charge on any atom is 0.246 e. The molecule has 0 aromatic heterocycles. The Balaban J connectivity index is 0.000000598. The van der Waals surface area contributed by atoms with Crippen molar-refractivity contribution in [1.82, 2.24) is 15.5 Å². The maximum atomic E-state index is 12.9. The highest BCUT2D eigenvalue weighted by molar-refractivity contribution is 5.91. The molecule has 0 bridgehead atoms. The lowest BCUT2D eigenvalue weighted by atomic mass is 9.94. The van der Waals surface area contributed by atoms with Crippen LogP contribution < -0.4 is 15.4 Å². The zero-order chi connectivity index (χ0) is 33.1. The van der Waals surface area contributed by atoms with Crippen LogP contribution in [0.2, 0.25) is 0 Å². The summed E-state index contributed by atoms with van der Waals surface area (Å²) >= 11 is 0. The van der Waals surface area contributed by atoms with Crippen molar-refractivity contribution in [2.24, 2.45) is 11.8 Å². The molecule has 4 rings (SSSR count). The number of carbonyl (C=O) groups excluding carboxylic acids is 3. The molecule has 8 nitrogen and oxygen atoms in total. The van der Waals surface area contributed by atoms with Gasteiger partial charge in [0.2, 0.25) is 17.7 Å². The number of nitrogens with zero attached hydrogens (tertiary/aromatic N) is 1. The lowest BCUT2D eigenvalue weighted by Gasteiger charge is -2.36. The number of hydrogen-bond donors (Lipinski definition) is 3. The van der Waals surface area contributed by atoms with Gasteiger partial charge in [0.15, 0.2) is 0 Å². The van der Waals surface area contributed by atoms with E-state index < -0.39 is 17.6 Å². The minimum atomic E-state index is -1.46. The molecule has 3 amide bonds. The standard InChI is InChI=1S/C29H45N3O5.C7H7F/c1-6-9-23-16-15-22-11-7-10-21(25(22)37-23)12-8-17-30-24(33)18-31-27(34)26(29(3,4)36)32(5)28(35)19(2)20-13-14-20;1-6-2-4-7(8)5-3-6/h7,10-11,19-20,23,26,36H,6,8-9,12-18H2,1-5H3,(H,30,33)(H,31,34);2-5H,1H3. The van der Waals surface area contributed by atoms with Crippen LogP contribution in [-0.4, -0.2) is 65.6 Å². The van der Waals surface area contributed by atoms with Gasteiger partial charge in [-0.1, -0.05) is 56.2 Å². The van der Waals surface area contributed by atoms with Crippen molar-refractivity contribution in [3.05, 3.63) is 65.0 Å². The van der Waals surface area contributed by atoms with E-state index in [-0.39, 0.29) is 36.2 Å². The number of amides is 3. The number of benzene rings is 2. The minimum absolute atomic E-state index is 0.165. The molecular formula is C36H52FN3O5. The van der Waals surface area contributed by atoms with Crippen LogP contribution in [-0.2, 0) is 27.2 Å². The maximum absolute atomic E-state index is 12.9. The van der Waals surface area contributed by atoms with Gasteiger partial charge in [0.05, 0.1) is 18.2 Å². The monoisotopic (exact) mass is 625 g/mol. The summed E-state index contributed by atoms with van der Waals surface area (Å²) < 4.78 is 18.4. The Hall–Kier alpha value is -3.46. The third kappa shape index (κ3) is 11.1. The molecule has 1 saturated carbocycles. The summed E-state index contributed by atoms with van der Waals surface area (Å²) in [6.45, 7) is 9.23. The van der Waals surface area contributed by atoms with Gasteiger partial charge in [-0.2, -0.15) is 0 Å². The van der Waals surface area contributed by atoms with Gasteiger partial charge in [0, 0.05) is 19.5 Å². The van der Waals surface area contributed by atoms with E-state index in [1.54, 1.807) is 19.2 Å². The van der Waals surface area contributed by atoms with Gasteiger partial charge in [-0.05, 0) is 94.9 Å². The number of hydrogen-bond acceptors (Lipinski definition) is 5. The third-order valence-corrected chi connectivity index (χ3v) is 8.56. The van der Waals surface area contributed by atoms with Crippen LogP contribution in [0.4, 0.5) is 4.39 Å². The molecule has 248 valence electrons. The largest absolute Gasteiger partial charge is 0.490 e. The van der Waals surface area contributed by atoms with Crippen molar-refractivity contribution in [1.29, 1.82) is 0 Å². The molecule has 9 heteroatoms. The lowest BCUT2D eigenvalue weighted by Crippen LogP contribution is -2.59. The molecule has 0 spiro atoms. The van der Waals surface area contributed by atoms with Crippen molar-refractivity contribution >= 4 is 17.7 Å². The number of likely N-dealkylation sites (N-methyl/N-ethyl adjacent to an activating group) is 1. The number of aliphatic hydroxyl groups is 1. The Bertz CT molecular complexity index is 1250. The Morgan fingerprint density at radius 2 is 1.78 bits per heavy atom. The van der Waals surface area contributed by atoms with Crippen LogP contribution >= 0.6 is 0 Å². The molecule has 0 radical (unpaired) electrons. The fourth-order valence-electron chi connectivity index (χ4n) is 5.83. The van der Waals surface area contributed by atoms with Gasteiger partial charge < -0.3 is 25.4 Å². The van der Waals surface area contributed by atoms with Gasteiger partial charge in [-0.25, -0.2) is 4.39 Å². The van der Waals surface area contributed by atoms with Crippen LogP contribution in [0.15, 0.2) is 42.5 Å². The molecule has 1 aliphatic heterocycles. The van der Waals surface area contributed by atoms with Gasteiger partial charge in [-0.3, -0.25) is 14.4 Å².